The molecule has 1 fully saturated rings. The van der Waals surface area contributed by atoms with E-state index in [1.807, 2.05) is 6.07 Å². The van der Waals surface area contributed by atoms with Gasteiger partial charge < -0.3 is 14.2 Å². The van der Waals surface area contributed by atoms with Gasteiger partial charge in [-0.15, -0.1) is 6.58 Å². The average molecular weight is 553 g/mol. The van der Waals surface area contributed by atoms with Crippen LogP contribution in [0.3, 0.4) is 0 Å². The summed E-state index contributed by atoms with van der Waals surface area (Å²) in [6, 6.07) is 14.4. The highest BCUT2D eigenvalue weighted by atomic mass is 19.2. The van der Waals surface area contributed by atoms with E-state index in [0.29, 0.717) is 56.6 Å². The Balaban J connectivity index is 1.33. The number of halogens is 3. The first-order chi connectivity index (χ1) is 19.4. The molecule has 0 aliphatic heterocycles. The zero-order valence-electron chi connectivity index (χ0n) is 22.8. The van der Waals surface area contributed by atoms with Crippen molar-refractivity contribution in [2.75, 3.05) is 13.2 Å². The van der Waals surface area contributed by atoms with E-state index < -0.39 is 35.1 Å². The maximum Gasteiger partial charge on any atom is 0.341 e. The fourth-order valence-corrected chi connectivity index (χ4v) is 4.86. The Hall–Kier alpha value is -3.74. The summed E-state index contributed by atoms with van der Waals surface area (Å²) < 4.78 is 60.9. The summed E-state index contributed by atoms with van der Waals surface area (Å²) in [6.07, 6.45) is 6.33. The van der Waals surface area contributed by atoms with Crippen LogP contribution >= 0.6 is 0 Å². The number of benzene rings is 3. The molecule has 4 nitrogen and oxygen atoms in total. The van der Waals surface area contributed by atoms with E-state index >= 15 is 0 Å². The summed E-state index contributed by atoms with van der Waals surface area (Å²) >= 11 is 0. The Bertz CT molecular complexity index is 1300. The van der Waals surface area contributed by atoms with Gasteiger partial charge in [0.2, 0.25) is 0 Å². The van der Waals surface area contributed by atoms with Gasteiger partial charge in [0.1, 0.15) is 11.9 Å². The third kappa shape index (κ3) is 7.26. The predicted molar refractivity (Wildman–Crippen MR) is 149 cm³/mol. The number of unbranched alkanes of at least 4 members (excludes halogenated alkanes) is 1. The van der Waals surface area contributed by atoms with Gasteiger partial charge in [-0.1, -0.05) is 43.7 Å². The Morgan fingerprint density at radius 2 is 1.68 bits per heavy atom. The van der Waals surface area contributed by atoms with Crippen LogP contribution in [0.1, 0.15) is 73.7 Å². The van der Waals surface area contributed by atoms with Crippen molar-refractivity contribution in [2.45, 2.75) is 63.9 Å². The van der Waals surface area contributed by atoms with E-state index in [1.165, 1.54) is 18.2 Å². The van der Waals surface area contributed by atoms with Gasteiger partial charge >= 0.3 is 5.97 Å². The van der Waals surface area contributed by atoms with Gasteiger partial charge in [0.15, 0.2) is 23.2 Å². The lowest BCUT2D eigenvalue weighted by atomic mass is 9.82. The summed E-state index contributed by atoms with van der Waals surface area (Å²) in [5.74, 6) is -2.65. The maximum atomic E-state index is 15.0. The monoisotopic (exact) mass is 552 g/mol. The Labute approximate surface area is 233 Å². The first-order valence-electron chi connectivity index (χ1n) is 13.9. The zero-order valence-corrected chi connectivity index (χ0v) is 22.8. The molecule has 7 heteroatoms. The summed E-state index contributed by atoms with van der Waals surface area (Å²) in [7, 11) is 0. The van der Waals surface area contributed by atoms with Crippen LogP contribution in [0.15, 0.2) is 67.3 Å². The highest BCUT2D eigenvalue weighted by molar-refractivity contribution is 5.90. The highest BCUT2D eigenvalue weighted by Crippen LogP contribution is 2.36. The first kappa shape index (κ1) is 29.2. The third-order valence-corrected chi connectivity index (χ3v) is 7.19. The van der Waals surface area contributed by atoms with Gasteiger partial charge in [-0.2, -0.15) is 0 Å². The molecule has 0 bridgehead atoms. The number of hydrogen-bond acceptors (Lipinski definition) is 4. The molecule has 0 unspecified atom stereocenters. The molecule has 0 heterocycles. The van der Waals surface area contributed by atoms with Crippen molar-refractivity contribution in [3.05, 3.63) is 95.8 Å². The second-order valence-corrected chi connectivity index (χ2v) is 10.0. The Morgan fingerprint density at radius 1 is 0.925 bits per heavy atom. The van der Waals surface area contributed by atoms with E-state index in [4.69, 9.17) is 14.2 Å². The molecule has 40 heavy (non-hydrogen) atoms. The Kier molecular flexibility index (Phi) is 10.3. The van der Waals surface area contributed by atoms with Crippen LogP contribution in [0.2, 0.25) is 0 Å². The second kappa shape index (κ2) is 14.1. The van der Waals surface area contributed by atoms with Crippen LogP contribution in [-0.2, 0) is 4.74 Å². The molecule has 1 saturated carbocycles. The quantitative estimate of drug-likeness (QED) is 0.128. The summed E-state index contributed by atoms with van der Waals surface area (Å²) in [4.78, 5) is 12.7. The van der Waals surface area contributed by atoms with Gasteiger partial charge in [-0.3, -0.25) is 0 Å². The molecule has 1 aliphatic carbocycles. The van der Waals surface area contributed by atoms with Crippen molar-refractivity contribution in [3.8, 4) is 22.6 Å². The summed E-state index contributed by atoms with van der Waals surface area (Å²) in [6.45, 7) is 6.65. The summed E-state index contributed by atoms with van der Waals surface area (Å²) in [5.41, 5.74) is 0.962. The van der Waals surface area contributed by atoms with E-state index in [0.717, 1.165) is 18.4 Å². The third-order valence-electron chi connectivity index (χ3n) is 7.19. The average Bonchev–Trinajstić information content (AvgIpc) is 2.96. The molecule has 4 rings (SSSR count). The normalized spacial score (nSPS) is 16.8. The zero-order chi connectivity index (χ0) is 28.5. The molecule has 0 radical (unpaired) electrons. The van der Waals surface area contributed by atoms with E-state index in [9.17, 15) is 18.0 Å². The SMILES string of the molecule is C=CCCOc1ccc(C2CCC(OC(=O)c3ccc(-c4ccc(OCCCC)cc4)c(F)c3F)CC2)cc1F. The van der Waals surface area contributed by atoms with Crippen LogP contribution in [-0.4, -0.2) is 25.3 Å². The fourth-order valence-electron chi connectivity index (χ4n) is 4.86. The van der Waals surface area contributed by atoms with E-state index in [-0.39, 0.29) is 17.2 Å². The number of carbonyl (C=O) groups is 1. The van der Waals surface area contributed by atoms with Gasteiger partial charge in [0.25, 0.3) is 0 Å². The molecule has 3 aromatic rings. The lowest BCUT2D eigenvalue weighted by molar-refractivity contribution is 0.0189. The maximum absolute atomic E-state index is 15.0. The van der Waals surface area contributed by atoms with Crippen LogP contribution in [0, 0.1) is 17.5 Å². The second-order valence-electron chi connectivity index (χ2n) is 10.0. The van der Waals surface area contributed by atoms with E-state index in [2.05, 4.69) is 13.5 Å². The molecule has 3 aromatic carbocycles. The standard InChI is InChI=1S/C33H35F3O4/c1-3-5-19-38-25-12-9-23(10-13-25)27-16-17-28(32(36)31(27)35)33(37)40-26-14-7-22(8-15-26)24-11-18-30(29(34)21-24)39-20-6-4-2/h4,9-13,16-18,21-22,26H,2-3,5-8,14-15,19-20H2,1H3. The molecule has 0 saturated heterocycles. The largest absolute Gasteiger partial charge is 0.494 e. The van der Waals surface area contributed by atoms with Crippen LogP contribution in [0.5, 0.6) is 11.5 Å². The van der Waals surface area contributed by atoms with Crippen molar-refractivity contribution >= 4 is 5.97 Å². The summed E-state index contributed by atoms with van der Waals surface area (Å²) in [5, 5.41) is 0. The molecule has 0 amide bonds. The molecule has 0 N–H and O–H groups in total. The number of ether oxygens (including phenoxy) is 3. The van der Waals surface area contributed by atoms with Crippen molar-refractivity contribution in [2.24, 2.45) is 0 Å². The minimum Gasteiger partial charge on any atom is -0.494 e. The topological polar surface area (TPSA) is 44.8 Å². The molecular formula is C33H35F3O4. The molecule has 0 atom stereocenters. The number of rotatable bonds is 12. The molecule has 0 aromatic heterocycles. The van der Waals surface area contributed by atoms with Crippen LogP contribution < -0.4 is 9.47 Å². The van der Waals surface area contributed by atoms with Gasteiger partial charge in [-0.25, -0.2) is 18.0 Å². The van der Waals surface area contributed by atoms with Crippen LogP contribution in [0.4, 0.5) is 13.2 Å². The molecule has 1 aliphatic rings. The smallest absolute Gasteiger partial charge is 0.341 e. The van der Waals surface area contributed by atoms with Crippen molar-refractivity contribution in [1.29, 1.82) is 0 Å². The molecule has 212 valence electrons. The number of hydrogen-bond donors (Lipinski definition) is 0. The minimum absolute atomic E-state index is 0.0547. The Morgan fingerprint density at radius 3 is 2.35 bits per heavy atom. The highest BCUT2D eigenvalue weighted by Gasteiger charge is 2.28. The van der Waals surface area contributed by atoms with Gasteiger partial charge in [-0.05, 0) is 85.9 Å². The lowest BCUT2D eigenvalue weighted by Gasteiger charge is -2.28. The molecule has 0 spiro atoms. The number of carbonyl (C=O) groups excluding carboxylic acids is 1. The van der Waals surface area contributed by atoms with Crippen molar-refractivity contribution < 1.29 is 32.2 Å². The van der Waals surface area contributed by atoms with Crippen LogP contribution in [0.25, 0.3) is 11.1 Å². The van der Waals surface area contributed by atoms with Gasteiger partial charge in [0.05, 0.1) is 18.8 Å². The van der Waals surface area contributed by atoms with Gasteiger partial charge in [0, 0.05) is 5.56 Å². The molecular weight excluding hydrogens is 517 g/mol. The fraction of sp³-hybridized carbons (Fsp3) is 0.364. The van der Waals surface area contributed by atoms with Crippen molar-refractivity contribution in [3.63, 3.8) is 0 Å². The minimum atomic E-state index is -1.23. The van der Waals surface area contributed by atoms with Crippen molar-refractivity contribution in [1.82, 2.24) is 0 Å². The number of esters is 1. The van der Waals surface area contributed by atoms with E-state index in [1.54, 1.807) is 36.4 Å². The lowest BCUT2D eigenvalue weighted by Crippen LogP contribution is -2.24. The predicted octanol–water partition coefficient (Wildman–Crippen LogP) is 8.79. The first-order valence-corrected chi connectivity index (χ1v) is 13.9.